The van der Waals surface area contributed by atoms with Gasteiger partial charge in [0.1, 0.15) is 0 Å². The van der Waals surface area contributed by atoms with E-state index < -0.39 is 0 Å². The molecule has 0 fully saturated rings. The van der Waals surface area contributed by atoms with Gasteiger partial charge in [0.25, 0.3) is 0 Å². The van der Waals surface area contributed by atoms with Crippen molar-refractivity contribution in [3.8, 4) is 0 Å². The monoisotopic (exact) mass is 226 g/mol. The van der Waals surface area contributed by atoms with Gasteiger partial charge in [-0.1, -0.05) is 34.1 Å². The molecule has 15 heavy (non-hydrogen) atoms. The fourth-order valence-electron chi connectivity index (χ4n) is 1.45. The minimum absolute atomic E-state index is 0.156. The lowest BCUT2D eigenvalue weighted by molar-refractivity contribution is 0.563. The summed E-state index contributed by atoms with van der Waals surface area (Å²) in [5.74, 6) is 0. The zero-order valence-electron chi connectivity index (χ0n) is 10.2. The molecule has 3 heteroatoms. The molecule has 1 rings (SSSR count). The summed E-state index contributed by atoms with van der Waals surface area (Å²) in [6, 6.07) is 0.272. The second-order valence-electron chi connectivity index (χ2n) is 5.13. The lowest BCUT2D eigenvalue weighted by Crippen LogP contribution is -2.22. The zero-order chi connectivity index (χ0) is 11.5. The number of thiazole rings is 1. The second-order valence-corrected chi connectivity index (χ2v) is 6.07. The third-order valence-electron chi connectivity index (χ3n) is 2.42. The molecular formula is C12H22N2S. The van der Waals surface area contributed by atoms with Gasteiger partial charge in [-0.05, 0) is 6.42 Å². The maximum atomic E-state index is 6.00. The van der Waals surface area contributed by atoms with Crippen molar-refractivity contribution in [1.82, 2.24) is 4.98 Å². The van der Waals surface area contributed by atoms with Gasteiger partial charge in [0.05, 0.1) is 10.7 Å². The summed E-state index contributed by atoms with van der Waals surface area (Å²) in [6.07, 6.45) is 3.16. The lowest BCUT2D eigenvalue weighted by atomic mass is 9.93. The number of rotatable bonds is 4. The van der Waals surface area contributed by atoms with Crippen molar-refractivity contribution < 1.29 is 0 Å². The second kappa shape index (κ2) is 5.08. The van der Waals surface area contributed by atoms with Gasteiger partial charge < -0.3 is 5.73 Å². The standard InChI is InChI=1S/C12H22N2S/c1-5-6-9(13)7-11-14-10(8-15-11)12(2,3)4/h8-9H,5-7,13H2,1-4H3. The Morgan fingerprint density at radius 1 is 1.47 bits per heavy atom. The van der Waals surface area contributed by atoms with Crippen LogP contribution in [-0.4, -0.2) is 11.0 Å². The Hall–Kier alpha value is -0.410. The van der Waals surface area contributed by atoms with E-state index in [1.807, 2.05) is 0 Å². The van der Waals surface area contributed by atoms with Crippen LogP contribution in [0.5, 0.6) is 0 Å². The van der Waals surface area contributed by atoms with E-state index in [0.29, 0.717) is 0 Å². The summed E-state index contributed by atoms with van der Waals surface area (Å²) in [4.78, 5) is 4.64. The van der Waals surface area contributed by atoms with Crippen LogP contribution in [0, 0.1) is 0 Å². The van der Waals surface area contributed by atoms with Gasteiger partial charge in [0, 0.05) is 23.3 Å². The third-order valence-corrected chi connectivity index (χ3v) is 3.29. The molecule has 1 atom stereocenters. The van der Waals surface area contributed by atoms with Gasteiger partial charge in [0.15, 0.2) is 0 Å². The highest BCUT2D eigenvalue weighted by Gasteiger charge is 2.17. The molecule has 0 aliphatic carbocycles. The van der Waals surface area contributed by atoms with Crippen LogP contribution in [-0.2, 0) is 11.8 Å². The molecule has 0 saturated carbocycles. The maximum Gasteiger partial charge on any atom is 0.0943 e. The van der Waals surface area contributed by atoms with Crippen molar-refractivity contribution in [1.29, 1.82) is 0 Å². The summed E-state index contributed by atoms with van der Waals surface area (Å²) in [5.41, 5.74) is 7.34. The molecule has 0 aliphatic heterocycles. The molecule has 86 valence electrons. The minimum Gasteiger partial charge on any atom is -0.327 e. The zero-order valence-corrected chi connectivity index (χ0v) is 11.0. The molecule has 0 saturated heterocycles. The van der Waals surface area contributed by atoms with Crippen molar-refractivity contribution in [3.63, 3.8) is 0 Å². The summed E-state index contributed by atoms with van der Waals surface area (Å²) >= 11 is 1.74. The van der Waals surface area contributed by atoms with Gasteiger partial charge in [-0.2, -0.15) is 0 Å². The Morgan fingerprint density at radius 2 is 2.13 bits per heavy atom. The highest BCUT2D eigenvalue weighted by molar-refractivity contribution is 7.09. The van der Waals surface area contributed by atoms with Crippen LogP contribution in [0.1, 0.15) is 51.2 Å². The molecule has 2 N–H and O–H groups in total. The average Bonchev–Trinajstić information content (AvgIpc) is 2.52. The molecule has 0 aromatic carbocycles. The fraction of sp³-hybridized carbons (Fsp3) is 0.750. The van der Waals surface area contributed by atoms with Crippen molar-refractivity contribution in [2.24, 2.45) is 5.73 Å². The van der Waals surface area contributed by atoms with E-state index in [-0.39, 0.29) is 11.5 Å². The highest BCUT2D eigenvalue weighted by atomic mass is 32.1. The van der Waals surface area contributed by atoms with Crippen LogP contribution in [0.2, 0.25) is 0 Å². The van der Waals surface area contributed by atoms with E-state index in [4.69, 9.17) is 5.73 Å². The van der Waals surface area contributed by atoms with Crippen molar-refractivity contribution in [2.75, 3.05) is 0 Å². The first-order chi connectivity index (χ1) is 6.93. The maximum absolute atomic E-state index is 6.00. The Balaban J connectivity index is 2.61. The van der Waals surface area contributed by atoms with Crippen LogP contribution in [0.25, 0.3) is 0 Å². The summed E-state index contributed by atoms with van der Waals surface area (Å²) < 4.78 is 0. The minimum atomic E-state index is 0.156. The molecule has 1 unspecified atom stereocenters. The summed E-state index contributed by atoms with van der Waals surface area (Å²) in [6.45, 7) is 8.75. The number of hydrogen-bond acceptors (Lipinski definition) is 3. The molecule has 0 bridgehead atoms. The van der Waals surface area contributed by atoms with E-state index >= 15 is 0 Å². The van der Waals surface area contributed by atoms with E-state index in [1.165, 1.54) is 10.7 Å². The number of aromatic nitrogens is 1. The lowest BCUT2D eigenvalue weighted by Gasteiger charge is -2.14. The van der Waals surface area contributed by atoms with Crippen LogP contribution < -0.4 is 5.73 Å². The molecule has 0 amide bonds. The van der Waals surface area contributed by atoms with E-state index in [9.17, 15) is 0 Å². The molecule has 0 spiro atoms. The molecule has 0 aliphatic rings. The summed E-state index contributed by atoms with van der Waals surface area (Å²) in [5, 5.41) is 3.34. The molecule has 0 radical (unpaired) electrons. The fourth-order valence-corrected chi connectivity index (χ4v) is 2.56. The van der Waals surface area contributed by atoms with Crippen molar-refractivity contribution >= 4 is 11.3 Å². The number of nitrogens with two attached hydrogens (primary N) is 1. The largest absolute Gasteiger partial charge is 0.327 e. The van der Waals surface area contributed by atoms with Gasteiger partial charge in [-0.3, -0.25) is 0 Å². The normalized spacial score (nSPS) is 14.2. The first-order valence-electron chi connectivity index (χ1n) is 5.64. The molecule has 1 heterocycles. The number of hydrogen-bond donors (Lipinski definition) is 1. The first kappa shape index (κ1) is 12.7. The first-order valence-corrected chi connectivity index (χ1v) is 6.52. The highest BCUT2D eigenvalue weighted by Crippen LogP contribution is 2.24. The van der Waals surface area contributed by atoms with Crippen molar-refractivity contribution in [3.05, 3.63) is 16.1 Å². The van der Waals surface area contributed by atoms with Crippen molar-refractivity contribution in [2.45, 2.75) is 58.4 Å². The predicted molar refractivity (Wildman–Crippen MR) is 67.4 cm³/mol. The van der Waals surface area contributed by atoms with Gasteiger partial charge in [-0.25, -0.2) is 4.98 Å². The Labute approximate surface area is 96.9 Å². The van der Waals surface area contributed by atoms with Crippen LogP contribution in [0.3, 0.4) is 0 Å². The topological polar surface area (TPSA) is 38.9 Å². The molecule has 1 aromatic heterocycles. The Morgan fingerprint density at radius 3 is 2.60 bits per heavy atom. The summed E-state index contributed by atoms with van der Waals surface area (Å²) in [7, 11) is 0. The average molecular weight is 226 g/mol. The third kappa shape index (κ3) is 3.92. The van der Waals surface area contributed by atoms with Crippen LogP contribution in [0.15, 0.2) is 5.38 Å². The quantitative estimate of drug-likeness (QED) is 0.856. The Kier molecular flexibility index (Phi) is 4.29. The SMILES string of the molecule is CCCC(N)Cc1nc(C(C)(C)C)cs1. The van der Waals surface area contributed by atoms with Gasteiger partial charge >= 0.3 is 0 Å². The Bertz CT molecular complexity index is 299. The van der Waals surface area contributed by atoms with Gasteiger partial charge in [0.2, 0.25) is 0 Å². The van der Waals surface area contributed by atoms with Crippen LogP contribution >= 0.6 is 11.3 Å². The van der Waals surface area contributed by atoms with E-state index in [0.717, 1.165) is 19.3 Å². The van der Waals surface area contributed by atoms with E-state index in [1.54, 1.807) is 11.3 Å². The smallest absolute Gasteiger partial charge is 0.0943 e. The molecular weight excluding hydrogens is 204 g/mol. The van der Waals surface area contributed by atoms with Gasteiger partial charge in [-0.15, -0.1) is 11.3 Å². The molecule has 1 aromatic rings. The predicted octanol–water partition coefficient (Wildman–Crippen LogP) is 3.11. The molecule has 2 nitrogen and oxygen atoms in total. The number of nitrogens with zero attached hydrogens (tertiary/aromatic N) is 1. The van der Waals surface area contributed by atoms with Crippen LogP contribution in [0.4, 0.5) is 0 Å². The van der Waals surface area contributed by atoms with E-state index in [2.05, 4.69) is 38.1 Å².